The summed E-state index contributed by atoms with van der Waals surface area (Å²) in [5, 5.41) is 18.5. The van der Waals surface area contributed by atoms with Crippen molar-refractivity contribution in [1.29, 1.82) is 0 Å². The van der Waals surface area contributed by atoms with Gasteiger partial charge < -0.3 is 19.7 Å². The Kier molecular flexibility index (Phi) is 2.84. The minimum absolute atomic E-state index is 0.105. The molecule has 1 aliphatic rings. The molecule has 0 saturated carbocycles. The Hall–Kier alpha value is -0.160. The van der Waals surface area contributed by atoms with Gasteiger partial charge in [0, 0.05) is 13.5 Å². The summed E-state index contributed by atoms with van der Waals surface area (Å²) in [5.74, 6) is 0. The molecule has 0 spiro atoms. The largest absolute Gasteiger partial charge is 0.390 e. The maximum atomic E-state index is 9.34. The van der Waals surface area contributed by atoms with Crippen molar-refractivity contribution in [2.75, 3.05) is 7.11 Å². The fourth-order valence-corrected chi connectivity index (χ4v) is 1.31. The number of aliphatic hydroxyl groups excluding tert-OH is 2. The van der Waals surface area contributed by atoms with Crippen molar-refractivity contribution in [3.63, 3.8) is 0 Å². The highest BCUT2D eigenvalue weighted by Gasteiger charge is 2.34. The van der Waals surface area contributed by atoms with Gasteiger partial charge in [0.1, 0.15) is 6.10 Å². The first-order valence-electron chi connectivity index (χ1n) is 3.69. The van der Waals surface area contributed by atoms with Crippen molar-refractivity contribution < 1.29 is 19.7 Å². The Labute approximate surface area is 65.7 Å². The summed E-state index contributed by atoms with van der Waals surface area (Å²) in [6.07, 6.45) is -1.83. The van der Waals surface area contributed by atoms with Gasteiger partial charge in [-0.2, -0.15) is 0 Å². The molecule has 1 saturated heterocycles. The molecule has 0 aromatic rings. The first-order chi connectivity index (χ1) is 5.15. The van der Waals surface area contributed by atoms with E-state index in [1.807, 2.05) is 0 Å². The van der Waals surface area contributed by atoms with Crippen LogP contribution in [0.2, 0.25) is 0 Å². The predicted octanol–water partition coefficient (Wildman–Crippen LogP) is -0.510. The summed E-state index contributed by atoms with van der Waals surface area (Å²) in [6.45, 7) is 1.80. The van der Waals surface area contributed by atoms with Crippen molar-refractivity contribution in [3.05, 3.63) is 0 Å². The van der Waals surface area contributed by atoms with Crippen LogP contribution in [0.3, 0.4) is 0 Å². The number of ether oxygens (including phenoxy) is 2. The zero-order chi connectivity index (χ0) is 8.43. The monoisotopic (exact) mass is 162 g/mol. The van der Waals surface area contributed by atoms with E-state index in [9.17, 15) is 10.2 Å². The first-order valence-corrected chi connectivity index (χ1v) is 3.69. The van der Waals surface area contributed by atoms with Crippen LogP contribution in [0.1, 0.15) is 13.3 Å². The molecule has 2 N–H and O–H groups in total. The summed E-state index contributed by atoms with van der Waals surface area (Å²) in [5.41, 5.74) is 0. The van der Waals surface area contributed by atoms with E-state index >= 15 is 0 Å². The van der Waals surface area contributed by atoms with Gasteiger partial charge in [-0.3, -0.25) is 0 Å². The second-order valence-corrected chi connectivity index (χ2v) is 2.84. The van der Waals surface area contributed by atoms with Crippen molar-refractivity contribution >= 4 is 0 Å². The van der Waals surface area contributed by atoms with E-state index < -0.39 is 18.5 Å². The molecule has 11 heavy (non-hydrogen) atoms. The van der Waals surface area contributed by atoms with Crippen LogP contribution in [-0.4, -0.2) is 41.9 Å². The van der Waals surface area contributed by atoms with Gasteiger partial charge in [-0.1, -0.05) is 0 Å². The lowest BCUT2D eigenvalue weighted by atomic mass is 10.0. The molecule has 0 aliphatic carbocycles. The molecule has 66 valence electrons. The molecular formula is C7H14O4. The molecule has 0 aromatic carbocycles. The van der Waals surface area contributed by atoms with E-state index in [4.69, 9.17) is 9.47 Å². The predicted molar refractivity (Wildman–Crippen MR) is 38.0 cm³/mol. The third kappa shape index (κ3) is 1.90. The van der Waals surface area contributed by atoms with Crippen LogP contribution >= 0.6 is 0 Å². The van der Waals surface area contributed by atoms with Gasteiger partial charge >= 0.3 is 0 Å². The maximum absolute atomic E-state index is 9.34. The second kappa shape index (κ2) is 3.49. The zero-order valence-corrected chi connectivity index (χ0v) is 6.73. The molecule has 1 fully saturated rings. The summed E-state index contributed by atoms with van der Waals surface area (Å²) in [6, 6.07) is 0. The van der Waals surface area contributed by atoms with Crippen molar-refractivity contribution in [2.24, 2.45) is 0 Å². The van der Waals surface area contributed by atoms with E-state index in [2.05, 4.69) is 0 Å². The Morgan fingerprint density at radius 3 is 2.55 bits per heavy atom. The van der Waals surface area contributed by atoms with Crippen molar-refractivity contribution in [2.45, 2.75) is 37.9 Å². The fraction of sp³-hybridized carbons (Fsp3) is 1.00. The highest BCUT2D eigenvalue weighted by Crippen LogP contribution is 2.20. The van der Waals surface area contributed by atoms with Crippen LogP contribution in [0.15, 0.2) is 0 Å². The zero-order valence-electron chi connectivity index (χ0n) is 6.73. The first kappa shape index (κ1) is 8.93. The highest BCUT2D eigenvalue weighted by atomic mass is 16.6. The molecule has 4 atom stereocenters. The Morgan fingerprint density at radius 1 is 1.45 bits per heavy atom. The normalized spacial score (nSPS) is 45.8. The number of rotatable bonds is 1. The quantitative estimate of drug-likeness (QED) is 0.545. The Bertz CT molecular complexity index is 116. The average Bonchev–Trinajstić information content (AvgIpc) is 1.85. The topological polar surface area (TPSA) is 58.9 Å². The SMILES string of the molecule is COC1C(O)CC(C)OC1O. The lowest BCUT2D eigenvalue weighted by Crippen LogP contribution is -2.48. The smallest absolute Gasteiger partial charge is 0.183 e. The molecule has 1 rings (SSSR count). The average molecular weight is 162 g/mol. The van der Waals surface area contributed by atoms with Crippen molar-refractivity contribution in [1.82, 2.24) is 0 Å². The minimum atomic E-state index is -1.00. The molecule has 0 aromatic heterocycles. The molecule has 4 unspecified atom stereocenters. The Morgan fingerprint density at radius 2 is 2.09 bits per heavy atom. The number of hydrogen-bond donors (Lipinski definition) is 2. The number of hydrogen-bond acceptors (Lipinski definition) is 4. The third-order valence-electron chi connectivity index (χ3n) is 1.88. The van der Waals surface area contributed by atoms with Gasteiger partial charge in [0.15, 0.2) is 6.29 Å². The third-order valence-corrected chi connectivity index (χ3v) is 1.88. The van der Waals surface area contributed by atoms with Crippen LogP contribution in [0.5, 0.6) is 0 Å². The second-order valence-electron chi connectivity index (χ2n) is 2.84. The van der Waals surface area contributed by atoms with Gasteiger partial charge in [-0.15, -0.1) is 0 Å². The van der Waals surface area contributed by atoms with E-state index in [-0.39, 0.29) is 6.10 Å². The fourth-order valence-electron chi connectivity index (χ4n) is 1.31. The van der Waals surface area contributed by atoms with Crippen LogP contribution in [0.4, 0.5) is 0 Å². The summed E-state index contributed by atoms with van der Waals surface area (Å²) < 4.78 is 9.87. The number of methoxy groups -OCH3 is 1. The van der Waals surface area contributed by atoms with E-state index in [1.165, 1.54) is 7.11 Å². The van der Waals surface area contributed by atoms with Gasteiger partial charge in [-0.25, -0.2) is 0 Å². The molecule has 1 heterocycles. The van der Waals surface area contributed by atoms with E-state index in [0.29, 0.717) is 6.42 Å². The highest BCUT2D eigenvalue weighted by molar-refractivity contribution is 4.79. The van der Waals surface area contributed by atoms with Gasteiger partial charge in [0.05, 0.1) is 12.2 Å². The van der Waals surface area contributed by atoms with E-state index in [1.54, 1.807) is 6.92 Å². The standard InChI is InChI=1S/C7H14O4/c1-4-3-5(8)6(10-2)7(9)11-4/h4-9H,3H2,1-2H3. The van der Waals surface area contributed by atoms with Crippen molar-refractivity contribution in [3.8, 4) is 0 Å². The summed E-state index contributed by atoms with van der Waals surface area (Å²) >= 11 is 0. The molecular weight excluding hydrogens is 148 g/mol. The molecule has 1 aliphatic heterocycles. The molecule has 4 heteroatoms. The van der Waals surface area contributed by atoms with Crippen LogP contribution in [-0.2, 0) is 9.47 Å². The minimum Gasteiger partial charge on any atom is -0.390 e. The molecule has 4 nitrogen and oxygen atoms in total. The molecule has 0 amide bonds. The molecule has 0 bridgehead atoms. The van der Waals surface area contributed by atoms with Crippen LogP contribution < -0.4 is 0 Å². The Balaban J connectivity index is 2.52. The van der Waals surface area contributed by atoms with Crippen LogP contribution in [0.25, 0.3) is 0 Å². The van der Waals surface area contributed by atoms with Gasteiger partial charge in [0.25, 0.3) is 0 Å². The van der Waals surface area contributed by atoms with Crippen LogP contribution in [0, 0.1) is 0 Å². The molecule has 0 radical (unpaired) electrons. The number of aliphatic hydroxyl groups is 2. The van der Waals surface area contributed by atoms with Gasteiger partial charge in [-0.05, 0) is 6.92 Å². The summed E-state index contributed by atoms with van der Waals surface area (Å²) in [4.78, 5) is 0. The maximum Gasteiger partial charge on any atom is 0.183 e. The van der Waals surface area contributed by atoms with E-state index in [0.717, 1.165) is 0 Å². The van der Waals surface area contributed by atoms with Gasteiger partial charge in [0.2, 0.25) is 0 Å². The lowest BCUT2D eigenvalue weighted by molar-refractivity contribution is -0.249. The lowest BCUT2D eigenvalue weighted by Gasteiger charge is -2.34. The summed E-state index contributed by atoms with van der Waals surface area (Å²) in [7, 11) is 1.44.